The molecule has 0 saturated heterocycles. The maximum absolute atomic E-state index is 12.9. The molecule has 0 unspecified atom stereocenters. The van der Waals surface area contributed by atoms with Gasteiger partial charge in [-0.3, -0.25) is 9.36 Å². The second-order valence-corrected chi connectivity index (χ2v) is 11.9. The van der Waals surface area contributed by atoms with E-state index in [0.29, 0.717) is 0 Å². The van der Waals surface area contributed by atoms with Crippen LogP contribution in [-0.4, -0.2) is 12.6 Å². The summed E-state index contributed by atoms with van der Waals surface area (Å²) in [6, 6.07) is 16.1. The summed E-state index contributed by atoms with van der Waals surface area (Å²) in [5, 5.41) is 3.24. The van der Waals surface area contributed by atoms with Crippen molar-refractivity contribution < 1.29 is 0 Å². The number of fused-ring (bicyclic) bond motifs is 1. The highest BCUT2D eigenvalue weighted by Gasteiger charge is 2.21. The molecule has 22 heavy (non-hydrogen) atoms. The van der Waals surface area contributed by atoms with Gasteiger partial charge in [-0.25, -0.2) is 0 Å². The van der Waals surface area contributed by atoms with Crippen LogP contribution in [0.25, 0.3) is 16.5 Å². The molecule has 3 aromatic rings. The van der Waals surface area contributed by atoms with E-state index in [4.69, 9.17) is 0 Å². The molecule has 1 aromatic heterocycles. The van der Waals surface area contributed by atoms with Crippen LogP contribution in [0.3, 0.4) is 0 Å². The molecule has 1 heterocycles. The molecule has 0 atom stereocenters. The zero-order chi connectivity index (χ0) is 15.9. The second-order valence-electron chi connectivity index (χ2n) is 6.85. The van der Waals surface area contributed by atoms with Gasteiger partial charge in [-0.15, -0.1) is 0 Å². The fourth-order valence-electron chi connectivity index (χ4n) is 2.79. The Kier molecular flexibility index (Phi) is 3.53. The van der Waals surface area contributed by atoms with Crippen molar-refractivity contribution >= 4 is 24.0 Å². The van der Waals surface area contributed by atoms with Crippen LogP contribution in [0, 0.1) is 6.92 Å². The number of hydrogen-bond donors (Lipinski definition) is 0. The van der Waals surface area contributed by atoms with E-state index in [2.05, 4.69) is 38.8 Å². The molecule has 2 aromatic carbocycles. The van der Waals surface area contributed by atoms with E-state index >= 15 is 0 Å². The van der Waals surface area contributed by atoms with Gasteiger partial charge < -0.3 is 0 Å². The molecule has 0 aliphatic rings. The third-order valence-corrected chi connectivity index (χ3v) is 6.06. The Hall–Kier alpha value is -2.13. The van der Waals surface area contributed by atoms with E-state index in [1.807, 2.05) is 42.5 Å². The molecular formula is C19H21NOSi. The minimum Gasteiger partial charge on any atom is -0.284 e. The molecule has 0 amide bonds. The van der Waals surface area contributed by atoms with Crippen molar-refractivity contribution in [1.82, 2.24) is 4.57 Å². The number of nitrogens with zero attached hydrogens (tertiary/aromatic N) is 1. The van der Waals surface area contributed by atoms with E-state index < -0.39 is 8.07 Å². The maximum atomic E-state index is 12.9. The Bertz CT molecular complexity index is 886. The van der Waals surface area contributed by atoms with Gasteiger partial charge in [-0.1, -0.05) is 55.5 Å². The predicted molar refractivity (Wildman–Crippen MR) is 97.3 cm³/mol. The largest absolute Gasteiger partial charge is 0.284 e. The zero-order valence-electron chi connectivity index (χ0n) is 13.6. The maximum Gasteiger partial charge on any atom is 0.262 e. The van der Waals surface area contributed by atoms with Crippen LogP contribution in [0.4, 0.5) is 0 Å². The van der Waals surface area contributed by atoms with Crippen LogP contribution in [0.1, 0.15) is 5.56 Å². The summed E-state index contributed by atoms with van der Waals surface area (Å²) < 4.78 is 1.80. The molecule has 0 saturated carbocycles. The Balaban J connectivity index is 2.39. The highest BCUT2D eigenvalue weighted by atomic mass is 28.3. The molecular weight excluding hydrogens is 286 g/mol. The van der Waals surface area contributed by atoms with Gasteiger partial charge in [-0.2, -0.15) is 0 Å². The topological polar surface area (TPSA) is 22.0 Å². The van der Waals surface area contributed by atoms with Crippen LogP contribution in [0.2, 0.25) is 19.6 Å². The quantitative estimate of drug-likeness (QED) is 0.659. The first-order valence-electron chi connectivity index (χ1n) is 7.60. The van der Waals surface area contributed by atoms with Crippen molar-refractivity contribution in [3.8, 4) is 5.69 Å². The van der Waals surface area contributed by atoms with Crippen LogP contribution in [0.5, 0.6) is 0 Å². The van der Waals surface area contributed by atoms with Crippen LogP contribution >= 0.6 is 0 Å². The van der Waals surface area contributed by atoms with Crippen molar-refractivity contribution in [3.05, 3.63) is 70.6 Å². The van der Waals surface area contributed by atoms with E-state index in [1.54, 1.807) is 4.57 Å². The zero-order valence-corrected chi connectivity index (χ0v) is 14.6. The summed E-state index contributed by atoms with van der Waals surface area (Å²) in [5.74, 6) is 0. The normalized spacial score (nSPS) is 11.8. The summed E-state index contributed by atoms with van der Waals surface area (Å²) >= 11 is 0. The monoisotopic (exact) mass is 307 g/mol. The van der Waals surface area contributed by atoms with E-state index in [0.717, 1.165) is 16.5 Å². The Morgan fingerprint density at radius 3 is 2.05 bits per heavy atom. The lowest BCUT2D eigenvalue weighted by Crippen LogP contribution is -2.41. The number of benzene rings is 2. The van der Waals surface area contributed by atoms with Crippen LogP contribution < -0.4 is 10.7 Å². The average molecular weight is 307 g/mol. The molecule has 3 heteroatoms. The van der Waals surface area contributed by atoms with E-state index in [1.165, 1.54) is 10.8 Å². The minimum absolute atomic E-state index is 0.0569. The number of hydrogen-bond acceptors (Lipinski definition) is 1. The minimum atomic E-state index is -1.56. The molecule has 0 fully saturated rings. The summed E-state index contributed by atoms with van der Waals surface area (Å²) in [6.07, 6.45) is 2.06. The Morgan fingerprint density at radius 1 is 0.864 bits per heavy atom. The number of pyridine rings is 1. The molecule has 3 rings (SSSR count). The molecule has 0 aliphatic carbocycles. The van der Waals surface area contributed by atoms with Gasteiger partial charge in [0.1, 0.15) is 0 Å². The van der Waals surface area contributed by atoms with Crippen LogP contribution in [0.15, 0.2) is 59.5 Å². The first-order chi connectivity index (χ1) is 10.4. The number of rotatable bonds is 2. The predicted octanol–water partition coefficient (Wildman–Crippen LogP) is 3.84. The van der Waals surface area contributed by atoms with Gasteiger partial charge in [0.05, 0.1) is 8.07 Å². The van der Waals surface area contributed by atoms with Gasteiger partial charge >= 0.3 is 0 Å². The first-order valence-corrected chi connectivity index (χ1v) is 11.1. The molecule has 0 bridgehead atoms. The molecule has 0 radical (unpaired) electrons. The highest BCUT2D eigenvalue weighted by Crippen LogP contribution is 2.15. The first kappa shape index (κ1) is 14.8. The molecule has 0 N–H and O–H groups in total. The standard InChI is InChI=1S/C19H21NOSi/c1-14-9-11-15(12-10-14)20-13-18(22(2,3)4)16-7-5-6-8-17(16)19(20)21/h5-13H,1-4H3. The Labute approximate surface area is 132 Å². The smallest absolute Gasteiger partial charge is 0.262 e. The molecule has 0 aliphatic heterocycles. The molecule has 0 spiro atoms. The van der Waals surface area contributed by atoms with Crippen molar-refractivity contribution in [2.45, 2.75) is 26.6 Å². The lowest BCUT2D eigenvalue weighted by atomic mass is 10.1. The average Bonchev–Trinajstić information content (AvgIpc) is 2.48. The van der Waals surface area contributed by atoms with Crippen molar-refractivity contribution in [1.29, 1.82) is 0 Å². The van der Waals surface area contributed by atoms with E-state index in [-0.39, 0.29) is 5.56 Å². The Morgan fingerprint density at radius 2 is 1.45 bits per heavy atom. The second kappa shape index (κ2) is 5.25. The van der Waals surface area contributed by atoms with Gasteiger partial charge in [0.2, 0.25) is 0 Å². The number of aromatic nitrogens is 1. The SMILES string of the molecule is Cc1ccc(-n2cc([Si](C)(C)C)c3ccccc3c2=O)cc1. The fourth-order valence-corrected chi connectivity index (χ4v) is 4.33. The third kappa shape index (κ3) is 2.53. The summed E-state index contributed by atoms with van der Waals surface area (Å²) in [4.78, 5) is 12.9. The van der Waals surface area contributed by atoms with Crippen molar-refractivity contribution in [2.24, 2.45) is 0 Å². The third-order valence-electron chi connectivity index (χ3n) is 4.04. The van der Waals surface area contributed by atoms with Gasteiger partial charge in [0.25, 0.3) is 5.56 Å². The van der Waals surface area contributed by atoms with Gasteiger partial charge in [0.15, 0.2) is 0 Å². The fraction of sp³-hybridized carbons (Fsp3) is 0.211. The van der Waals surface area contributed by atoms with Crippen LogP contribution in [-0.2, 0) is 0 Å². The summed E-state index contributed by atoms with van der Waals surface area (Å²) in [7, 11) is -1.56. The van der Waals surface area contributed by atoms with Gasteiger partial charge in [0, 0.05) is 17.3 Å². The summed E-state index contributed by atoms with van der Waals surface area (Å²) in [5.41, 5.74) is 2.19. The van der Waals surface area contributed by atoms with Crippen molar-refractivity contribution in [3.63, 3.8) is 0 Å². The molecule has 112 valence electrons. The molecule has 2 nitrogen and oxygen atoms in total. The highest BCUT2D eigenvalue weighted by molar-refractivity contribution is 6.90. The lowest BCUT2D eigenvalue weighted by molar-refractivity contribution is 1.01. The van der Waals surface area contributed by atoms with E-state index in [9.17, 15) is 4.79 Å². The van der Waals surface area contributed by atoms with Gasteiger partial charge in [-0.05, 0) is 35.7 Å². The van der Waals surface area contributed by atoms with Crippen molar-refractivity contribution in [2.75, 3.05) is 0 Å². The lowest BCUT2D eigenvalue weighted by Gasteiger charge is -2.21. The number of aryl methyl sites for hydroxylation is 1. The summed E-state index contributed by atoms with van der Waals surface area (Å²) in [6.45, 7) is 9.01.